The molecule has 1 aromatic rings. The van der Waals surface area contributed by atoms with Gasteiger partial charge < -0.3 is 5.11 Å². The molecule has 5 heteroatoms. The number of aliphatic carboxylic acids is 1. The van der Waals surface area contributed by atoms with Crippen molar-refractivity contribution >= 4 is 5.97 Å². The first kappa shape index (κ1) is 9.18. The summed E-state index contributed by atoms with van der Waals surface area (Å²) in [6.07, 6.45) is 2.83. The summed E-state index contributed by atoms with van der Waals surface area (Å²) in [5, 5.41) is 16.7. The third-order valence-corrected chi connectivity index (χ3v) is 2.76. The molecule has 1 heterocycles. The van der Waals surface area contributed by atoms with Crippen LogP contribution in [0.2, 0.25) is 0 Å². The van der Waals surface area contributed by atoms with Gasteiger partial charge >= 0.3 is 5.97 Å². The summed E-state index contributed by atoms with van der Waals surface area (Å²) in [6, 6.07) is 0. The lowest BCUT2D eigenvalue weighted by Gasteiger charge is -2.19. The number of aryl methyl sites for hydroxylation is 2. The van der Waals surface area contributed by atoms with Crippen LogP contribution in [-0.4, -0.2) is 26.1 Å². The molecular formula is C9H13N3O2. The second kappa shape index (κ2) is 3.40. The van der Waals surface area contributed by atoms with E-state index in [4.69, 9.17) is 5.11 Å². The van der Waals surface area contributed by atoms with Crippen LogP contribution >= 0.6 is 0 Å². The first-order chi connectivity index (χ1) is 6.66. The van der Waals surface area contributed by atoms with E-state index in [1.54, 1.807) is 4.68 Å². The summed E-state index contributed by atoms with van der Waals surface area (Å²) in [4.78, 5) is 10.6. The smallest absolute Gasteiger partial charge is 0.303 e. The highest BCUT2D eigenvalue weighted by atomic mass is 16.4. The summed E-state index contributed by atoms with van der Waals surface area (Å²) in [5.41, 5.74) is 2.14. The van der Waals surface area contributed by atoms with Crippen molar-refractivity contribution in [3.8, 4) is 0 Å². The van der Waals surface area contributed by atoms with Crippen LogP contribution < -0.4 is 0 Å². The minimum absolute atomic E-state index is 0.247. The number of rotatable bonds is 2. The van der Waals surface area contributed by atoms with E-state index < -0.39 is 5.97 Å². The Morgan fingerprint density at radius 3 is 3.21 bits per heavy atom. The Bertz CT molecular complexity index is 359. The van der Waals surface area contributed by atoms with Crippen LogP contribution in [0.15, 0.2) is 0 Å². The van der Waals surface area contributed by atoms with Gasteiger partial charge in [-0.15, -0.1) is 5.10 Å². The first-order valence-corrected chi connectivity index (χ1v) is 4.76. The maximum absolute atomic E-state index is 10.6. The Balaban J connectivity index is 2.12. The molecule has 0 saturated carbocycles. The van der Waals surface area contributed by atoms with Gasteiger partial charge in [-0.1, -0.05) is 5.21 Å². The molecule has 0 amide bonds. The average Bonchev–Trinajstić information content (AvgIpc) is 2.47. The number of nitrogens with zero attached hydrogens (tertiary/aromatic N) is 3. The highest BCUT2D eigenvalue weighted by molar-refractivity contribution is 5.67. The second-order valence-corrected chi connectivity index (χ2v) is 3.81. The summed E-state index contributed by atoms with van der Waals surface area (Å²) < 4.78 is 1.75. The third-order valence-electron chi connectivity index (χ3n) is 2.76. The monoisotopic (exact) mass is 195 g/mol. The van der Waals surface area contributed by atoms with Crippen LogP contribution in [0.4, 0.5) is 0 Å². The number of hydrogen-bond acceptors (Lipinski definition) is 3. The molecule has 1 aromatic heterocycles. The van der Waals surface area contributed by atoms with Crippen LogP contribution in [0.3, 0.4) is 0 Å². The number of carboxylic acids is 1. The fourth-order valence-corrected chi connectivity index (χ4v) is 2.00. The van der Waals surface area contributed by atoms with E-state index in [0.717, 1.165) is 30.7 Å². The molecule has 1 atom stereocenters. The molecule has 1 N–H and O–H groups in total. The topological polar surface area (TPSA) is 68.0 Å². The van der Waals surface area contributed by atoms with Crippen LogP contribution in [-0.2, 0) is 24.7 Å². The van der Waals surface area contributed by atoms with Gasteiger partial charge in [0.2, 0.25) is 0 Å². The molecule has 14 heavy (non-hydrogen) atoms. The van der Waals surface area contributed by atoms with Gasteiger partial charge in [0.1, 0.15) is 0 Å². The molecule has 76 valence electrons. The van der Waals surface area contributed by atoms with E-state index in [0.29, 0.717) is 0 Å². The number of aromatic nitrogens is 3. The van der Waals surface area contributed by atoms with E-state index >= 15 is 0 Å². The van der Waals surface area contributed by atoms with Crippen LogP contribution in [0.25, 0.3) is 0 Å². The Hall–Kier alpha value is -1.39. The van der Waals surface area contributed by atoms with Gasteiger partial charge in [-0.25, -0.2) is 0 Å². The van der Waals surface area contributed by atoms with E-state index in [9.17, 15) is 4.79 Å². The lowest BCUT2D eigenvalue weighted by atomic mass is 9.87. The summed E-state index contributed by atoms with van der Waals surface area (Å²) in [6.45, 7) is 0. The largest absolute Gasteiger partial charge is 0.481 e. The molecule has 0 saturated heterocycles. The fourth-order valence-electron chi connectivity index (χ4n) is 2.00. The fraction of sp³-hybridized carbons (Fsp3) is 0.667. The van der Waals surface area contributed by atoms with Crippen molar-refractivity contribution in [1.82, 2.24) is 15.0 Å². The predicted octanol–water partition coefficient (Wildman–Crippen LogP) is 0.395. The molecule has 2 rings (SSSR count). The van der Waals surface area contributed by atoms with E-state index in [1.165, 1.54) is 0 Å². The summed E-state index contributed by atoms with van der Waals surface area (Å²) >= 11 is 0. The van der Waals surface area contributed by atoms with Gasteiger partial charge in [0, 0.05) is 13.5 Å². The van der Waals surface area contributed by atoms with Crippen molar-refractivity contribution in [3.63, 3.8) is 0 Å². The van der Waals surface area contributed by atoms with E-state index in [-0.39, 0.29) is 12.3 Å². The van der Waals surface area contributed by atoms with Crippen molar-refractivity contribution in [1.29, 1.82) is 0 Å². The maximum Gasteiger partial charge on any atom is 0.303 e. The number of fused-ring (bicyclic) bond motifs is 1. The van der Waals surface area contributed by atoms with Gasteiger partial charge in [-0.05, 0) is 25.2 Å². The standard InChI is InChI=1S/C9H13N3O2/c1-12-8-4-6(5-9(13)14)2-3-7(8)10-11-12/h6H,2-5H2,1H3,(H,13,14). The molecule has 0 bridgehead atoms. The normalized spacial score (nSPS) is 20.5. The van der Waals surface area contributed by atoms with Crippen LogP contribution in [0.1, 0.15) is 24.2 Å². The first-order valence-electron chi connectivity index (χ1n) is 4.76. The van der Waals surface area contributed by atoms with Crippen molar-refractivity contribution < 1.29 is 9.90 Å². The van der Waals surface area contributed by atoms with Gasteiger partial charge in [-0.2, -0.15) is 0 Å². The van der Waals surface area contributed by atoms with Crippen molar-refractivity contribution in [2.24, 2.45) is 13.0 Å². The van der Waals surface area contributed by atoms with Gasteiger partial charge in [0.25, 0.3) is 0 Å². The maximum atomic E-state index is 10.6. The molecule has 0 fully saturated rings. The minimum Gasteiger partial charge on any atom is -0.481 e. The number of hydrogen-bond donors (Lipinski definition) is 1. The zero-order valence-corrected chi connectivity index (χ0v) is 8.10. The van der Waals surface area contributed by atoms with Crippen molar-refractivity contribution in [2.75, 3.05) is 0 Å². The lowest BCUT2D eigenvalue weighted by Crippen LogP contribution is -2.19. The molecule has 0 spiro atoms. The van der Waals surface area contributed by atoms with Crippen molar-refractivity contribution in [3.05, 3.63) is 11.4 Å². The van der Waals surface area contributed by atoms with Crippen LogP contribution in [0, 0.1) is 5.92 Å². The Labute approximate surface area is 81.7 Å². The van der Waals surface area contributed by atoms with Gasteiger partial charge in [-0.3, -0.25) is 9.48 Å². The highest BCUT2D eigenvalue weighted by Crippen LogP contribution is 2.25. The van der Waals surface area contributed by atoms with E-state index in [1.807, 2.05) is 7.05 Å². The molecule has 5 nitrogen and oxygen atoms in total. The number of carbonyl (C=O) groups is 1. The molecule has 1 aliphatic rings. The zero-order chi connectivity index (χ0) is 10.1. The lowest BCUT2D eigenvalue weighted by molar-refractivity contribution is -0.138. The third kappa shape index (κ3) is 1.62. The predicted molar refractivity (Wildman–Crippen MR) is 48.8 cm³/mol. The Kier molecular flexibility index (Phi) is 2.23. The molecule has 0 aromatic carbocycles. The SMILES string of the molecule is Cn1nnc2c1CC(CC(=O)O)CC2. The number of carboxylic acid groups (broad SMARTS) is 1. The van der Waals surface area contributed by atoms with Gasteiger partial charge in [0.15, 0.2) is 0 Å². The van der Waals surface area contributed by atoms with Crippen LogP contribution in [0.5, 0.6) is 0 Å². The molecule has 1 aliphatic carbocycles. The Morgan fingerprint density at radius 2 is 2.50 bits per heavy atom. The zero-order valence-electron chi connectivity index (χ0n) is 8.10. The van der Waals surface area contributed by atoms with Gasteiger partial charge in [0.05, 0.1) is 11.4 Å². The highest BCUT2D eigenvalue weighted by Gasteiger charge is 2.24. The van der Waals surface area contributed by atoms with E-state index in [2.05, 4.69) is 10.3 Å². The average molecular weight is 195 g/mol. The molecule has 1 unspecified atom stereocenters. The quantitative estimate of drug-likeness (QED) is 0.741. The summed E-state index contributed by atoms with van der Waals surface area (Å²) in [5.74, 6) is -0.467. The molecule has 0 radical (unpaired) electrons. The Morgan fingerprint density at radius 1 is 1.71 bits per heavy atom. The summed E-state index contributed by atoms with van der Waals surface area (Å²) in [7, 11) is 1.86. The minimum atomic E-state index is -0.714. The van der Waals surface area contributed by atoms with Crippen molar-refractivity contribution in [2.45, 2.75) is 25.7 Å². The second-order valence-electron chi connectivity index (χ2n) is 3.81. The molecular weight excluding hydrogens is 182 g/mol. The molecule has 0 aliphatic heterocycles.